The molecule has 0 aliphatic carbocycles. The number of alkyl halides is 3. The highest BCUT2D eigenvalue weighted by Crippen LogP contribution is 2.31. The number of aliphatic hydroxyl groups excluding tert-OH is 1. The van der Waals surface area contributed by atoms with Crippen molar-refractivity contribution in [3.8, 4) is 0 Å². The predicted molar refractivity (Wildman–Crippen MR) is 128 cm³/mol. The Morgan fingerprint density at radius 1 is 1.11 bits per heavy atom. The molecule has 9 heteroatoms. The SMILES string of the molecule is C[C@@H](NC(=O)C[C@@H]1CC[C@H]2[C@@H](COC[C@@H](O)CN2Cc2ccc(C(F)(F)F)cc2)O1)c1ccccc1. The number of fused-ring (bicyclic) bond motifs is 1. The standard InChI is InChI=1S/C27H33F3N2O4/c1-18(20-5-3-2-4-6-20)31-26(34)13-23-11-12-24-25(36-23)17-35-16-22(33)15-32(24)14-19-7-9-21(10-8-19)27(28,29)30/h2-10,18,22-25,33H,11-17H2,1H3,(H,31,34)/t18-,22+,23+,24+,25-/m1/s1. The fourth-order valence-corrected chi connectivity index (χ4v) is 4.99. The fraction of sp³-hybridized carbons (Fsp3) is 0.519. The van der Waals surface area contributed by atoms with Crippen LogP contribution in [-0.2, 0) is 27.0 Å². The first-order chi connectivity index (χ1) is 17.2. The number of nitrogens with one attached hydrogen (secondary N) is 1. The van der Waals surface area contributed by atoms with Gasteiger partial charge in [-0.2, -0.15) is 13.2 Å². The van der Waals surface area contributed by atoms with Crippen LogP contribution in [0.4, 0.5) is 13.2 Å². The summed E-state index contributed by atoms with van der Waals surface area (Å²) < 4.78 is 50.7. The molecule has 2 aliphatic heterocycles. The van der Waals surface area contributed by atoms with Crippen LogP contribution in [-0.4, -0.2) is 60.0 Å². The van der Waals surface area contributed by atoms with E-state index in [1.165, 1.54) is 12.1 Å². The molecule has 0 bridgehead atoms. The maximum atomic E-state index is 12.9. The molecule has 196 valence electrons. The van der Waals surface area contributed by atoms with E-state index in [4.69, 9.17) is 9.47 Å². The van der Waals surface area contributed by atoms with E-state index in [0.717, 1.165) is 29.7 Å². The van der Waals surface area contributed by atoms with Gasteiger partial charge in [-0.05, 0) is 43.0 Å². The molecule has 2 aromatic rings. The summed E-state index contributed by atoms with van der Waals surface area (Å²) in [5, 5.41) is 13.4. The second-order valence-corrected chi connectivity index (χ2v) is 9.66. The molecule has 0 saturated carbocycles. The number of hydrogen-bond donors (Lipinski definition) is 2. The molecule has 2 heterocycles. The number of aliphatic hydroxyl groups is 1. The Labute approximate surface area is 209 Å². The largest absolute Gasteiger partial charge is 0.416 e. The minimum absolute atomic E-state index is 0.0789. The molecule has 0 aromatic heterocycles. The molecule has 2 aromatic carbocycles. The number of carbonyl (C=O) groups is 1. The van der Waals surface area contributed by atoms with Gasteiger partial charge >= 0.3 is 6.18 Å². The van der Waals surface area contributed by atoms with Gasteiger partial charge in [-0.25, -0.2) is 0 Å². The molecule has 0 radical (unpaired) electrons. The number of carbonyl (C=O) groups excluding carboxylic acids is 1. The van der Waals surface area contributed by atoms with Crippen molar-refractivity contribution < 1.29 is 32.5 Å². The molecule has 6 nitrogen and oxygen atoms in total. The molecule has 2 saturated heterocycles. The number of β-amino-alcohol motifs (C(OH)–C–C–N with tert-alkyl or cyclic N) is 1. The molecule has 2 fully saturated rings. The van der Waals surface area contributed by atoms with Crippen LogP contribution in [0.3, 0.4) is 0 Å². The van der Waals surface area contributed by atoms with Crippen molar-refractivity contribution in [2.24, 2.45) is 0 Å². The predicted octanol–water partition coefficient (Wildman–Crippen LogP) is 4.08. The topological polar surface area (TPSA) is 71.0 Å². The van der Waals surface area contributed by atoms with Gasteiger partial charge in [-0.15, -0.1) is 0 Å². The van der Waals surface area contributed by atoms with Gasteiger partial charge in [0.15, 0.2) is 0 Å². The van der Waals surface area contributed by atoms with E-state index in [1.54, 1.807) is 0 Å². The lowest BCUT2D eigenvalue weighted by molar-refractivity contribution is -0.158. The lowest BCUT2D eigenvalue weighted by Crippen LogP contribution is -2.55. The third kappa shape index (κ3) is 7.06. The molecule has 2 aliphatic rings. The van der Waals surface area contributed by atoms with Gasteiger partial charge in [-0.1, -0.05) is 42.5 Å². The van der Waals surface area contributed by atoms with E-state index in [9.17, 15) is 23.1 Å². The number of benzene rings is 2. The van der Waals surface area contributed by atoms with Crippen molar-refractivity contribution in [1.29, 1.82) is 0 Å². The molecule has 4 rings (SSSR count). The highest BCUT2D eigenvalue weighted by atomic mass is 19.4. The monoisotopic (exact) mass is 506 g/mol. The summed E-state index contributed by atoms with van der Waals surface area (Å²) in [6.07, 6.45) is -4.01. The van der Waals surface area contributed by atoms with Crippen molar-refractivity contribution >= 4 is 5.91 Å². The molecule has 1 amide bonds. The first-order valence-electron chi connectivity index (χ1n) is 12.3. The number of nitrogens with zero attached hydrogens (tertiary/aromatic N) is 1. The number of amides is 1. The van der Waals surface area contributed by atoms with E-state index in [0.29, 0.717) is 19.5 Å². The zero-order valence-corrected chi connectivity index (χ0v) is 20.3. The van der Waals surface area contributed by atoms with E-state index in [1.807, 2.05) is 37.3 Å². The second-order valence-electron chi connectivity index (χ2n) is 9.66. The maximum absolute atomic E-state index is 12.9. The molecular formula is C27H33F3N2O4. The van der Waals surface area contributed by atoms with Crippen molar-refractivity contribution in [2.45, 2.75) is 69.3 Å². The van der Waals surface area contributed by atoms with Gasteiger partial charge in [0, 0.05) is 19.1 Å². The van der Waals surface area contributed by atoms with Crippen LogP contribution in [0.1, 0.15) is 48.9 Å². The van der Waals surface area contributed by atoms with Crippen LogP contribution < -0.4 is 5.32 Å². The first kappa shape index (κ1) is 26.6. The van der Waals surface area contributed by atoms with E-state index >= 15 is 0 Å². The van der Waals surface area contributed by atoms with Crippen LogP contribution in [0.2, 0.25) is 0 Å². The molecule has 36 heavy (non-hydrogen) atoms. The Morgan fingerprint density at radius 2 is 1.83 bits per heavy atom. The Morgan fingerprint density at radius 3 is 2.53 bits per heavy atom. The highest BCUT2D eigenvalue weighted by molar-refractivity contribution is 5.77. The maximum Gasteiger partial charge on any atom is 0.416 e. The average molecular weight is 507 g/mol. The zero-order chi connectivity index (χ0) is 25.7. The molecule has 5 atom stereocenters. The Balaban J connectivity index is 1.37. The third-order valence-electron chi connectivity index (χ3n) is 6.84. The van der Waals surface area contributed by atoms with Gasteiger partial charge in [0.2, 0.25) is 5.91 Å². The van der Waals surface area contributed by atoms with E-state index < -0.39 is 17.8 Å². The minimum Gasteiger partial charge on any atom is -0.389 e. The van der Waals surface area contributed by atoms with E-state index in [2.05, 4.69) is 10.2 Å². The van der Waals surface area contributed by atoms with Gasteiger partial charge in [0.05, 0.1) is 49.6 Å². The fourth-order valence-electron chi connectivity index (χ4n) is 4.99. The van der Waals surface area contributed by atoms with Crippen LogP contribution in [0.15, 0.2) is 54.6 Å². The van der Waals surface area contributed by atoms with Gasteiger partial charge < -0.3 is 19.9 Å². The summed E-state index contributed by atoms with van der Waals surface area (Å²) in [7, 11) is 0. The molecule has 0 unspecified atom stereocenters. The second kappa shape index (κ2) is 11.7. The zero-order valence-electron chi connectivity index (χ0n) is 20.3. The molecule has 2 N–H and O–H groups in total. The van der Waals surface area contributed by atoms with Crippen molar-refractivity contribution in [3.05, 3.63) is 71.3 Å². The quantitative estimate of drug-likeness (QED) is 0.618. The summed E-state index contributed by atoms with van der Waals surface area (Å²) in [5.41, 5.74) is 1.07. The normalized spacial score (nSPS) is 26.4. The molecule has 0 spiro atoms. The first-order valence-corrected chi connectivity index (χ1v) is 12.3. The highest BCUT2D eigenvalue weighted by Gasteiger charge is 2.38. The van der Waals surface area contributed by atoms with Crippen LogP contribution >= 0.6 is 0 Å². The van der Waals surface area contributed by atoms with Crippen molar-refractivity contribution in [3.63, 3.8) is 0 Å². The lowest BCUT2D eigenvalue weighted by Gasteiger charge is -2.44. The van der Waals surface area contributed by atoms with Crippen molar-refractivity contribution in [2.75, 3.05) is 19.8 Å². The van der Waals surface area contributed by atoms with Crippen LogP contribution in [0, 0.1) is 0 Å². The lowest BCUT2D eigenvalue weighted by atomic mass is 9.94. The number of ether oxygens (including phenoxy) is 2. The summed E-state index contributed by atoms with van der Waals surface area (Å²) in [5.74, 6) is -0.0846. The minimum atomic E-state index is -4.38. The Kier molecular flexibility index (Phi) is 8.66. The smallest absolute Gasteiger partial charge is 0.389 e. The van der Waals surface area contributed by atoms with Crippen LogP contribution in [0.5, 0.6) is 0 Å². The number of rotatable bonds is 6. The summed E-state index contributed by atoms with van der Waals surface area (Å²) in [6.45, 7) is 3.09. The summed E-state index contributed by atoms with van der Waals surface area (Å²) in [4.78, 5) is 14.7. The Hall–Kier alpha value is -2.46. The number of hydrogen-bond acceptors (Lipinski definition) is 5. The number of halogens is 3. The molecular weight excluding hydrogens is 473 g/mol. The van der Waals surface area contributed by atoms with Crippen molar-refractivity contribution in [1.82, 2.24) is 10.2 Å². The summed E-state index contributed by atoms with van der Waals surface area (Å²) >= 11 is 0. The van der Waals surface area contributed by atoms with Gasteiger partial charge in [0.25, 0.3) is 0 Å². The van der Waals surface area contributed by atoms with E-state index in [-0.39, 0.29) is 49.8 Å². The van der Waals surface area contributed by atoms with Gasteiger partial charge in [-0.3, -0.25) is 9.69 Å². The average Bonchev–Trinajstić information content (AvgIpc) is 2.83. The van der Waals surface area contributed by atoms with Gasteiger partial charge in [0.1, 0.15) is 0 Å². The third-order valence-corrected chi connectivity index (χ3v) is 6.84. The summed E-state index contributed by atoms with van der Waals surface area (Å²) in [6, 6.07) is 14.7. The van der Waals surface area contributed by atoms with Crippen LogP contribution in [0.25, 0.3) is 0 Å². The Bertz CT molecular complexity index is 987.